The Morgan fingerprint density at radius 2 is 2.06 bits per heavy atom. The van der Waals surface area contributed by atoms with Crippen LogP contribution in [0.2, 0.25) is 0 Å². The van der Waals surface area contributed by atoms with Crippen molar-refractivity contribution in [2.75, 3.05) is 18.5 Å². The van der Waals surface area contributed by atoms with Crippen molar-refractivity contribution in [3.63, 3.8) is 0 Å². The maximum atomic E-state index is 9.21. The molecule has 0 radical (unpaired) electrons. The van der Waals surface area contributed by atoms with Crippen LogP contribution in [0.25, 0.3) is 11.5 Å². The Morgan fingerprint density at radius 1 is 1.33 bits per heavy atom. The average molecular weight is 249 g/mol. The van der Waals surface area contributed by atoms with E-state index in [9.17, 15) is 5.11 Å². The fraction of sp³-hybridized carbons (Fsp3) is 0.333. The maximum absolute atomic E-state index is 9.21. The highest BCUT2D eigenvalue weighted by Crippen LogP contribution is 2.19. The lowest BCUT2D eigenvalue weighted by Crippen LogP contribution is -2.22. The van der Waals surface area contributed by atoms with E-state index in [1.165, 1.54) is 0 Å². The predicted molar refractivity (Wildman–Crippen MR) is 66.1 cm³/mol. The van der Waals surface area contributed by atoms with Gasteiger partial charge in [-0.05, 0) is 31.2 Å². The zero-order valence-corrected chi connectivity index (χ0v) is 10.00. The first-order chi connectivity index (χ1) is 8.69. The van der Waals surface area contributed by atoms with Crippen molar-refractivity contribution >= 4 is 5.69 Å². The molecule has 1 heterocycles. The van der Waals surface area contributed by atoms with Gasteiger partial charge in [0.15, 0.2) is 5.82 Å². The largest absolute Gasteiger partial charge is 0.394 e. The van der Waals surface area contributed by atoms with E-state index >= 15 is 0 Å². The highest BCUT2D eigenvalue weighted by molar-refractivity contribution is 5.58. The molecule has 1 aromatic heterocycles. The van der Waals surface area contributed by atoms with E-state index in [1.54, 1.807) is 6.92 Å². The maximum Gasteiger partial charge on any atom is 0.257 e. The minimum atomic E-state index is -0.761. The van der Waals surface area contributed by atoms with E-state index < -0.39 is 6.10 Å². The van der Waals surface area contributed by atoms with Crippen molar-refractivity contribution < 1.29 is 14.7 Å². The fourth-order valence-corrected chi connectivity index (χ4v) is 1.45. The molecule has 1 aromatic carbocycles. The van der Waals surface area contributed by atoms with Crippen molar-refractivity contribution in [2.24, 2.45) is 0 Å². The Balaban J connectivity index is 2.01. The summed E-state index contributed by atoms with van der Waals surface area (Å²) in [6, 6.07) is 7.39. The highest BCUT2D eigenvalue weighted by Gasteiger charge is 2.06. The van der Waals surface area contributed by atoms with Gasteiger partial charge in [-0.3, -0.25) is 0 Å². The summed E-state index contributed by atoms with van der Waals surface area (Å²) in [5.74, 6) is 1.08. The summed E-state index contributed by atoms with van der Waals surface area (Å²) in [6.45, 7) is 1.81. The number of aliphatic hydroxyl groups excluding tert-OH is 2. The summed E-state index contributed by atoms with van der Waals surface area (Å²) in [5.41, 5.74) is 1.69. The molecule has 96 valence electrons. The first-order valence-corrected chi connectivity index (χ1v) is 5.62. The van der Waals surface area contributed by atoms with Crippen molar-refractivity contribution in [2.45, 2.75) is 13.0 Å². The van der Waals surface area contributed by atoms with Crippen LogP contribution in [0.3, 0.4) is 0 Å². The second kappa shape index (κ2) is 5.61. The summed E-state index contributed by atoms with van der Waals surface area (Å²) in [4.78, 5) is 4.13. The van der Waals surface area contributed by atoms with Crippen molar-refractivity contribution in [1.82, 2.24) is 10.1 Å². The first-order valence-electron chi connectivity index (χ1n) is 5.62. The molecule has 0 aliphatic heterocycles. The second-order valence-electron chi connectivity index (χ2n) is 3.94. The smallest absolute Gasteiger partial charge is 0.257 e. The summed E-state index contributed by atoms with van der Waals surface area (Å²) < 4.78 is 5.05. The SMILES string of the molecule is Cc1noc(-c2ccc(NCC(O)CO)cc2)n1. The Bertz CT molecular complexity index is 496. The number of nitrogens with one attached hydrogen (secondary N) is 1. The lowest BCUT2D eigenvalue weighted by Gasteiger charge is -2.10. The second-order valence-corrected chi connectivity index (χ2v) is 3.94. The molecule has 6 heteroatoms. The molecule has 6 nitrogen and oxygen atoms in total. The molecule has 0 aliphatic carbocycles. The molecule has 0 saturated carbocycles. The zero-order valence-electron chi connectivity index (χ0n) is 10.00. The van der Waals surface area contributed by atoms with E-state index in [2.05, 4.69) is 15.5 Å². The number of aryl methyl sites for hydroxylation is 1. The number of nitrogens with zero attached hydrogens (tertiary/aromatic N) is 2. The van der Waals surface area contributed by atoms with Crippen LogP contribution in [0.5, 0.6) is 0 Å². The van der Waals surface area contributed by atoms with E-state index in [1.807, 2.05) is 24.3 Å². The summed E-state index contributed by atoms with van der Waals surface area (Å²) in [6.07, 6.45) is -0.761. The normalized spacial score (nSPS) is 12.4. The van der Waals surface area contributed by atoms with Crippen molar-refractivity contribution in [3.8, 4) is 11.5 Å². The Kier molecular flexibility index (Phi) is 3.91. The van der Waals surface area contributed by atoms with Gasteiger partial charge in [0.2, 0.25) is 0 Å². The summed E-state index contributed by atoms with van der Waals surface area (Å²) >= 11 is 0. The van der Waals surface area contributed by atoms with Crippen LogP contribution >= 0.6 is 0 Å². The quantitative estimate of drug-likeness (QED) is 0.726. The zero-order chi connectivity index (χ0) is 13.0. The van der Waals surface area contributed by atoms with Gasteiger partial charge in [0.05, 0.1) is 12.7 Å². The molecule has 1 unspecified atom stereocenters. The third kappa shape index (κ3) is 3.06. The first kappa shape index (κ1) is 12.5. The van der Waals surface area contributed by atoms with Gasteiger partial charge in [-0.15, -0.1) is 0 Å². The molecular weight excluding hydrogens is 234 g/mol. The summed E-state index contributed by atoms with van der Waals surface area (Å²) in [5, 5.41) is 24.6. The van der Waals surface area contributed by atoms with Gasteiger partial charge in [-0.1, -0.05) is 5.16 Å². The van der Waals surface area contributed by atoms with Gasteiger partial charge < -0.3 is 20.1 Å². The molecule has 2 rings (SSSR count). The number of hydrogen-bond donors (Lipinski definition) is 3. The van der Waals surface area contributed by atoms with E-state index in [-0.39, 0.29) is 6.61 Å². The monoisotopic (exact) mass is 249 g/mol. The molecule has 0 saturated heterocycles. The van der Waals surface area contributed by atoms with Gasteiger partial charge in [0.1, 0.15) is 0 Å². The minimum Gasteiger partial charge on any atom is -0.394 e. The molecule has 0 amide bonds. The van der Waals surface area contributed by atoms with Crippen LogP contribution in [-0.2, 0) is 0 Å². The number of aliphatic hydroxyl groups is 2. The molecule has 1 atom stereocenters. The molecule has 18 heavy (non-hydrogen) atoms. The number of rotatable bonds is 5. The van der Waals surface area contributed by atoms with Crippen molar-refractivity contribution in [3.05, 3.63) is 30.1 Å². The van der Waals surface area contributed by atoms with Gasteiger partial charge in [-0.2, -0.15) is 4.98 Å². The number of benzene rings is 1. The van der Waals surface area contributed by atoms with E-state index in [0.717, 1.165) is 11.3 Å². The predicted octanol–water partition coefficient (Wildman–Crippen LogP) is 0.810. The molecule has 0 bridgehead atoms. The summed E-state index contributed by atoms with van der Waals surface area (Å²) in [7, 11) is 0. The number of hydrogen-bond acceptors (Lipinski definition) is 6. The lowest BCUT2D eigenvalue weighted by molar-refractivity contribution is 0.105. The van der Waals surface area contributed by atoms with Crippen LogP contribution in [0.15, 0.2) is 28.8 Å². The van der Waals surface area contributed by atoms with Gasteiger partial charge in [0.25, 0.3) is 5.89 Å². The topological polar surface area (TPSA) is 91.4 Å². The minimum absolute atomic E-state index is 0.258. The molecule has 0 fully saturated rings. The Morgan fingerprint density at radius 3 is 2.61 bits per heavy atom. The Hall–Kier alpha value is -1.92. The third-order valence-corrected chi connectivity index (χ3v) is 2.41. The highest BCUT2D eigenvalue weighted by atomic mass is 16.5. The van der Waals surface area contributed by atoms with Crippen LogP contribution in [0, 0.1) is 6.92 Å². The number of anilines is 1. The van der Waals surface area contributed by atoms with E-state index in [0.29, 0.717) is 18.3 Å². The lowest BCUT2D eigenvalue weighted by atomic mass is 10.2. The average Bonchev–Trinajstić information content (AvgIpc) is 2.83. The fourth-order valence-electron chi connectivity index (χ4n) is 1.45. The van der Waals surface area contributed by atoms with Crippen molar-refractivity contribution in [1.29, 1.82) is 0 Å². The van der Waals surface area contributed by atoms with E-state index in [4.69, 9.17) is 9.63 Å². The van der Waals surface area contributed by atoms with Gasteiger partial charge in [-0.25, -0.2) is 0 Å². The molecule has 3 N–H and O–H groups in total. The molecular formula is C12H15N3O3. The molecule has 0 spiro atoms. The van der Waals surface area contributed by atoms with Gasteiger partial charge >= 0.3 is 0 Å². The van der Waals surface area contributed by atoms with Crippen LogP contribution in [0.4, 0.5) is 5.69 Å². The Labute approximate surface area is 104 Å². The van der Waals surface area contributed by atoms with Crippen LogP contribution < -0.4 is 5.32 Å². The van der Waals surface area contributed by atoms with Gasteiger partial charge in [0, 0.05) is 17.8 Å². The molecule has 0 aliphatic rings. The third-order valence-electron chi connectivity index (χ3n) is 2.41. The number of aromatic nitrogens is 2. The molecule has 2 aromatic rings. The standard InChI is InChI=1S/C12H15N3O3/c1-8-14-12(18-15-8)9-2-4-10(5-3-9)13-6-11(17)7-16/h2-5,11,13,16-17H,6-7H2,1H3. The van der Waals surface area contributed by atoms with Crippen LogP contribution in [0.1, 0.15) is 5.82 Å². The van der Waals surface area contributed by atoms with Crippen LogP contribution in [-0.4, -0.2) is 39.6 Å².